The monoisotopic (exact) mass is 370 g/mol. The van der Waals surface area contributed by atoms with Crippen molar-refractivity contribution in [3.05, 3.63) is 83.9 Å². The van der Waals surface area contributed by atoms with Gasteiger partial charge in [-0.25, -0.2) is 9.97 Å². The van der Waals surface area contributed by atoms with Crippen LogP contribution in [0.1, 0.15) is 20.7 Å². The number of para-hydroxylation sites is 4. The van der Waals surface area contributed by atoms with Crippen LogP contribution in [0.25, 0.3) is 11.0 Å². The minimum atomic E-state index is 0.0914. The SMILES string of the molecule is O=Cc1ccccc1Oc1nc2ccccc2nc1Oc1ccccc1C=O. The predicted molar refractivity (Wildman–Crippen MR) is 103 cm³/mol. The van der Waals surface area contributed by atoms with Crippen LogP contribution in [0.15, 0.2) is 72.8 Å². The van der Waals surface area contributed by atoms with Crippen LogP contribution in [0.3, 0.4) is 0 Å². The number of hydrogen-bond donors (Lipinski definition) is 0. The molecule has 0 aliphatic rings. The van der Waals surface area contributed by atoms with Crippen molar-refractivity contribution in [2.75, 3.05) is 0 Å². The number of carbonyl (C=O) groups is 2. The van der Waals surface area contributed by atoms with E-state index in [2.05, 4.69) is 9.97 Å². The quantitative estimate of drug-likeness (QED) is 0.452. The van der Waals surface area contributed by atoms with Crippen molar-refractivity contribution >= 4 is 23.6 Å². The molecule has 0 saturated carbocycles. The zero-order chi connectivity index (χ0) is 19.3. The van der Waals surface area contributed by atoms with Gasteiger partial charge in [-0.2, -0.15) is 0 Å². The van der Waals surface area contributed by atoms with E-state index in [0.717, 1.165) is 0 Å². The normalized spacial score (nSPS) is 10.4. The number of fused-ring (bicyclic) bond motifs is 1. The summed E-state index contributed by atoms with van der Waals surface area (Å²) in [5, 5.41) is 0. The Bertz CT molecular complexity index is 1080. The first-order valence-electron chi connectivity index (χ1n) is 8.49. The summed E-state index contributed by atoms with van der Waals surface area (Å²) in [6.07, 6.45) is 1.40. The lowest BCUT2D eigenvalue weighted by Crippen LogP contribution is -2.00. The minimum Gasteiger partial charge on any atom is -0.434 e. The summed E-state index contributed by atoms with van der Waals surface area (Å²) in [4.78, 5) is 31.6. The fourth-order valence-corrected chi connectivity index (χ4v) is 2.65. The van der Waals surface area contributed by atoms with E-state index < -0.39 is 0 Å². The van der Waals surface area contributed by atoms with E-state index in [0.29, 0.717) is 46.2 Å². The summed E-state index contributed by atoms with van der Waals surface area (Å²) in [7, 11) is 0. The van der Waals surface area contributed by atoms with Gasteiger partial charge in [-0.15, -0.1) is 0 Å². The lowest BCUT2D eigenvalue weighted by Gasteiger charge is -2.13. The molecule has 3 aromatic carbocycles. The maximum absolute atomic E-state index is 11.3. The van der Waals surface area contributed by atoms with Crippen LogP contribution in [0.2, 0.25) is 0 Å². The molecule has 0 N–H and O–H groups in total. The number of nitrogens with zero attached hydrogens (tertiary/aromatic N) is 2. The van der Waals surface area contributed by atoms with Gasteiger partial charge in [-0.3, -0.25) is 9.59 Å². The fraction of sp³-hybridized carbons (Fsp3) is 0. The average molecular weight is 370 g/mol. The van der Waals surface area contributed by atoms with Gasteiger partial charge < -0.3 is 9.47 Å². The Morgan fingerprint density at radius 3 is 1.39 bits per heavy atom. The number of carbonyl (C=O) groups excluding carboxylic acids is 2. The summed E-state index contributed by atoms with van der Waals surface area (Å²) >= 11 is 0. The number of hydrogen-bond acceptors (Lipinski definition) is 6. The van der Waals surface area contributed by atoms with Gasteiger partial charge in [0, 0.05) is 0 Å². The molecule has 0 amide bonds. The molecule has 0 bridgehead atoms. The maximum Gasteiger partial charge on any atom is 0.284 e. The Hall–Kier alpha value is -4.06. The van der Waals surface area contributed by atoms with E-state index in [1.807, 2.05) is 12.1 Å². The summed E-state index contributed by atoms with van der Waals surface area (Å²) in [5.41, 5.74) is 1.96. The summed E-state index contributed by atoms with van der Waals surface area (Å²) in [6, 6.07) is 20.8. The van der Waals surface area contributed by atoms with E-state index in [-0.39, 0.29) is 11.8 Å². The van der Waals surface area contributed by atoms with Crippen LogP contribution in [0, 0.1) is 0 Å². The van der Waals surface area contributed by atoms with Gasteiger partial charge in [-0.05, 0) is 36.4 Å². The third kappa shape index (κ3) is 3.43. The molecule has 6 nitrogen and oxygen atoms in total. The highest BCUT2D eigenvalue weighted by Gasteiger charge is 2.16. The van der Waals surface area contributed by atoms with Crippen LogP contribution in [-0.4, -0.2) is 22.5 Å². The highest BCUT2D eigenvalue weighted by atomic mass is 16.5. The lowest BCUT2D eigenvalue weighted by atomic mass is 10.2. The van der Waals surface area contributed by atoms with E-state index in [1.165, 1.54) is 0 Å². The van der Waals surface area contributed by atoms with Crippen molar-refractivity contribution in [2.45, 2.75) is 0 Å². The Morgan fingerprint density at radius 1 is 0.571 bits per heavy atom. The number of ether oxygens (including phenoxy) is 2. The Balaban J connectivity index is 1.82. The Labute approximate surface area is 160 Å². The van der Waals surface area contributed by atoms with Crippen LogP contribution < -0.4 is 9.47 Å². The Kier molecular flexibility index (Phi) is 4.76. The van der Waals surface area contributed by atoms with Gasteiger partial charge in [-0.1, -0.05) is 36.4 Å². The lowest BCUT2D eigenvalue weighted by molar-refractivity contribution is 0.111. The first kappa shape index (κ1) is 17.4. The average Bonchev–Trinajstić information content (AvgIpc) is 2.75. The highest BCUT2D eigenvalue weighted by molar-refractivity contribution is 5.81. The van der Waals surface area contributed by atoms with Crippen molar-refractivity contribution in [1.82, 2.24) is 9.97 Å². The summed E-state index contributed by atoms with van der Waals surface area (Å²) in [5.74, 6) is 0.841. The third-order valence-electron chi connectivity index (χ3n) is 4.01. The van der Waals surface area contributed by atoms with Crippen molar-refractivity contribution < 1.29 is 19.1 Å². The predicted octanol–water partition coefficient (Wildman–Crippen LogP) is 4.84. The smallest absolute Gasteiger partial charge is 0.284 e. The molecule has 28 heavy (non-hydrogen) atoms. The molecular formula is C22H14N2O4. The van der Waals surface area contributed by atoms with Crippen molar-refractivity contribution in [2.24, 2.45) is 0 Å². The molecule has 4 rings (SSSR count). The number of aldehydes is 2. The van der Waals surface area contributed by atoms with Gasteiger partial charge in [0.25, 0.3) is 11.8 Å². The highest BCUT2D eigenvalue weighted by Crippen LogP contribution is 2.34. The van der Waals surface area contributed by atoms with E-state index in [1.54, 1.807) is 60.7 Å². The number of benzene rings is 3. The first-order chi connectivity index (χ1) is 13.8. The first-order valence-corrected chi connectivity index (χ1v) is 8.49. The second-order valence-electron chi connectivity index (χ2n) is 5.84. The molecule has 136 valence electrons. The molecule has 0 atom stereocenters. The second kappa shape index (κ2) is 7.67. The molecule has 1 aromatic heterocycles. The van der Waals surface area contributed by atoms with Gasteiger partial charge in [0.2, 0.25) is 0 Å². The van der Waals surface area contributed by atoms with Gasteiger partial charge in [0.1, 0.15) is 11.5 Å². The largest absolute Gasteiger partial charge is 0.434 e. The number of rotatable bonds is 6. The van der Waals surface area contributed by atoms with Gasteiger partial charge >= 0.3 is 0 Å². The molecule has 6 heteroatoms. The second-order valence-corrected chi connectivity index (χ2v) is 5.84. The molecule has 0 saturated heterocycles. The van der Waals surface area contributed by atoms with E-state index in [4.69, 9.17) is 9.47 Å². The third-order valence-corrected chi connectivity index (χ3v) is 4.01. The molecule has 1 heterocycles. The van der Waals surface area contributed by atoms with Gasteiger partial charge in [0.15, 0.2) is 12.6 Å². The summed E-state index contributed by atoms with van der Waals surface area (Å²) in [6.45, 7) is 0. The van der Waals surface area contributed by atoms with Crippen molar-refractivity contribution in [3.63, 3.8) is 0 Å². The molecule has 0 radical (unpaired) electrons. The maximum atomic E-state index is 11.3. The summed E-state index contributed by atoms with van der Waals surface area (Å²) < 4.78 is 11.7. The standard InChI is InChI=1S/C22H14N2O4/c25-13-15-7-1-5-11-19(15)27-21-22(24-18-10-4-3-9-17(18)23-21)28-20-12-6-2-8-16(20)14-26/h1-14H. The molecule has 0 fully saturated rings. The Morgan fingerprint density at radius 2 is 0.964 bits per heavy atom. The van der Waals surface area contributed by atoms with Crippen LogP contribution >= 0.6 is 0 Å². The minimum absolute atomic E-state index is 0.0914. The molecule has 4 aromatic rings. The fourth-order valence-electron chi connectivity index (χ4n) is 2.65. The van der Waals surface area contributed by atoms with Crippen LogP contribution in [-0.2, 0) is 0 Å². The van der Waals surface area contributed by atoms with E-state index >= 15 is 0 Å². The van der Waals surface area contributed by atoms with Crippen molar-refractivity contribution in [3.8, 4) is 23.3 Å². The van der Waals surface area contributed by atoms with Gasteiger partial charge in [0.05, 0.1) is 22.2 Å². The molecule has 0 aliphatic carbocycles. The van der Waals surface area contributed by atoms with Crippen LogP contribution in [0.4, 0.5) is 0 Å². The topological polar surface area (TPSA) is 78.4 Å². The molecule has 0 aliphatic heterocycles. The van der Waals surface area contributed by atoms with E-state index in [9.17, 15) is 9.59 Å². The van der Waals surface area contributed by atoms with Crippen LogP contribution in [0.5, 0.6) is 23.3 Å². The zero-order valence-corrected chi connectivity index (χ0v) is 14.6. The van der Waals surface area contributed by atoms with Crippen molar-refractivity contribution in [1.29, 1.82) is 0 Å². The number of aromatic nitrogens is 2. The zero-order valence-electron chi connectivity index (χ0n) is 14.6. The molecular weight excluding hydrogens is 356 g/mol. The molecule has 0 unspecified atom stereocenters. The molecule has 0 spiro atoms.